The third-order valence-corrected chi connectivity index (χ3v) is 3.80. The number of fused-ring (bicyclic) bond motifs is 1. The van der Waals surface area contributed by atoms with Crippen LogP contribution in [0.3, 0.4) is 0 Å². The maximum Gasteiger partial charge on any atom is 0.386 e. The fraction of sp³-hybridized carbons (Fsp3) is 0.167. The molecule has 3 aromatic rings. The summed E-state index contributed by atoms with van der Waals surface area (Å²) in [5.41, 5.74) is 2.34. The van der Waals surface area contributed by atoms with Gasteiger partial charge in [0.1, 0.15) is 0 Å². The van der Waals surface area contributed by atoms with Gasteiger partial charge >= 0.3 is 6.18 Å². The molecular formula is C18H16F3NS. The molecule has 1 heterocycles. The van der Waals surface area contributed by atoms with Crippen molar-refractivity contribution in [2.45, 2.75) is 19.5 Å². The zero-order valence-electron chi connectivity index (χ0n) is 12.5. The summed E-state index contributed by atoms with van der Waals surface area (Å²) in [5.74, 6) is 0. The molecule has 0 aliphatic heterocycles. The highest BCUT2D eigenvalue weighted by Gasteiger charge is 2.15. The van der Waals surface area contributed by atoms with Crippen molar-refractivity contribution in [1.29, 1.82) is 0 Å². The van der Waals surface area contributed by atoms with Crippen LogP contribution in [0.15, 0.2) is 60.7 Å². The molecule has 0 spiro atoms. The Morgan fingerprint density at radius 1 is 1.00 bits per heavy atom. The standard InChI is InChI=1S/C16H13NS.C2H3F3/c1-2-7-13(8-3-1)9-6-12-16-17-14-10-4-5-11-15(14)18-16;1-2(3,4)5/h1-11H,12H2;1H3/b9-6+;. The lowest BCUT2D eigenvalue weighted by molar-refractivity contribution is -0.110. The van der Waals surface area contributed by atoms with Crippen LogP contribution in [0.1, 0.15) is 17.5 Å². The van der Waals surface area contributed by atoms with E-state index in [1.54, 1.807) is 11.3 Å². The third-order valence-electron chi connectivity index (χ3n) is 2.74. The maximum atomic E-state index is 10.4. The van der Waals surface area contributed by atoms with Crippen LogP contribution in [-0.2, 0) is 6.42 Å². The lowest BCUT2D eigenvalue weighted by Gasteiger charge is -1.90. The van der Waals surface area contributed by atoms with Gasteiger partial charge in [0.15, 0.2) is 0 Å². The Bertz CT molecular complexity index is 722. The average molecular weight is 335 g/mol. The minimum Gasteiger partial charge on any atom is -0.241 e. The number of rotatable bonds is 3. The van der Waals surface area contributed by atoms with Gasteiger partial charge in [-0.05, 0) is 17.7 Å². The van der Waals surface area contributed by atoms with Crippen molar-refractivity contribution in [3.63, 3.8) is 0 Å². The normalized spacial score (nSPS) is 11.5. The molecule has 0 amide bonds. The first-order valence-corrected chi connectivity index (χ1v) is 7.86. The van der Waals surface area contributed by atoms with E-state index in [0.717, 1.165) is 11.9 Å². The van der Waals surface area contributed by atoms with E-state index >= 15 is 0 Å². The smallest absolute Gasteiger partial charge is 0.241 e. The summed E-state index contributed by atoms with van der Waals surface area (Å²) in [6, 6.07) is 18.6. The van der Waals surface area contributed by atoms with E-state index in [1.165, 1.54) is 15.3 Å². The van der Waals surface area contributed by atoms with Gasteiger partial charge in [0.05, 0.1) is 15.2 Å². The van der Waals surface area contributed by atoms with Crippen molar-refractivity contribution >= 4 is 27.6 Å². The minimum absolute atomic E-state index is 0.188. The highest BCUT2D eigenvalue weighted by atomic mass is 32.1. The summed E-state index contributed by atoms with van der Waals surface area (Å²) in [6.45, 7) is 0.188. The van der Waals surface area contributed by atoms with Crippen LogP contribution in [0.2, 0.25) is 0 Å². The number of alkyl halides is 3. The summed E-state index contributed by atoms with van der Waals surface area (Å²) < 4.78 is 32.3. The fourth-order valence-corrected chi connectivity index (χ4v) is 2.81. The Morgan fingerprint density at radius 2 is 1.61 bits per heavy atom. The molecule has 23 heavy (non-hydrogen) atoms. The Hall–Kier alpha value is -2.14. The van der Waals surface area contributed by atoms with Crippen molar-refractivity contribution in [3.05, 3.63) is 71.2 Å². The molecule has 120 valence electrons. The molecule has 0 saturated carbocycles. The minimum atomic E-state index is -4.00. The molecule has 0 unspecified atom stereocenters. The largest absolute Gasteiger partial charge is 0.386 e. The Kier molecular flexibility index (Phi) is 5.93. The van der Waals surface area contributed by atoms with E-state index in [-0.39, 0.29) is 6.92 Å². The highest BCUT2D eigenvalue weighted by Crippen LogP contribution is 2.22. The van der Waals surface area contributed by atoms with Gasteiger partial charge in [-0.1, -0.05) is 54.6 Å². The zero-order chi connectivity index (χ0) is 16.7. The van der Waals surface area contributed by atoms with Crippen LogP contribution in [-0.4, -0.2) is 11.2 Å². The van der Waals surface area contributed by atoms with Gasteiger partial charge in [0, 0.05) is 13.3 Å². The molecule has 0 atom stereocenters. The predicted octanol–water partition coefficient (Wildman–Crippen LogP) is 6.12. The van der Waals surface area contributed by atoms with E-state index in [0.29, 0.717) is 0 Å². The summed E-state index contributed by atoms with van der Waals surface area (Å²) in [5, 5.41) is 1.17. The van der Waals surface area contributed by atoms with Crippen molar-refractivity contribution in [3.8, 4) is 0 Å². The van der Waals surface area contributed by atoms with E-state index in [9.17, 15) is 13.2 Å². The monoisotopic (exact) mass is 335 g/mol. The van der Waals surface area contributed by atoms with Crippen molar-refractivity contribution in [2.24, 2.45) is 0 Å². The Labute approximate surface area is 137 Å². The second-order valence-corrected chi connectivity index (χ2v) is 5.99. The fourth-order valence-electron chi connectivity index (χ4n) is 1.87. The van der Waals surface area contributed by atoms with Crippen LogP contribution in [0.5, 0.6) is 0 Å². The molecule has 3 rings (SSSR count). The summed E-state index contributed by atoms with van der Waals surface area (Å²) in [6.07, 6.45) is 1.22. The van der Waals surface area contributed by atoms with Gasteiger partial charge in [-0.15, -0.1) is 11.3 Å². The number of thiazole rings is 1. The summed E-state index contributed by atoms with van der Waals surface area (Å²) in [7, 11) is 0. The topological polar surface area (TPSA) is 12.9 Å². The summed E-state index contributed by atoms with van der Waals surface area (Å²) in [4.78, 5) is 4.61. The van der Waals surface area contributed by atoms with Gasteiger partial charge in [-0.3, -0.25) is 0 Å². The first-order valence-electron chi connectivity index (χ1n) is 7.04. The second-order valence-electron chi connectivity index (χ2n) is 4.87. The molecular weight excluding hydrogens is 319 g/mol. The molecule has 0 saturated heterocycles. The Morgan fingerprint density at radius 3 is 2.26 bits per heavy atom. The number of hydrogen-bond donors (Lipinski definition) is 0. The van der Waals surface area contributed by atoms with Crippen LogP contribution >= 0.6 is 11.3 Å². The van der Waals surface area contributed by atoms with Gasteiger partial charge in [-0.2, -0.15) is 13.2 Å². The quantitative estimate of drug-likeness (QED) is 0.562. The Balaban J connectivity index is 0.000000338. The number of aromatic nitrogens is 1. The van der Waals surface area contributed by atoms with Crippen molar-refractivity contribution in [2.75, 3.05) is 0 Å². The van der Waals surface area contributed by atoms with Gasteiger partial charge in [0.2, 0.25) is 0 Å². The number of benzene rings is 2. The number of allylic oxidation sites excluding steroid dienone is 1. The first-order chi connectivity index (χ1) is 10.9. The number of para-hydroxylation sites is 1. The number of hydrogen-bond acceptors (Lipinski definition) is 2. The molecule has 1 nitrogen and oxygen atoms in total. The van der Waals surface area contributed by atoms with Crippen molar-refractivity contribution in [1.82, 2.24) is 4.98 Å². The SMILES string of the molecule is C(=C\c1ccccc1)/Cc1nc2ccccc2s1.CC(F)(F)F. The lowest BCUT2D eigenvalue weighted by Crippen LogP contribution is -1.95. The van der Waals surface area contributed by atoms with Gasteiger partial charge in [-0.25, -0.2) is 4.98 Å². The predicted molar refractivity (Wildman–Crippen MR) is 90.5 cm³/mol. The first kappa shape index (κ1) is 17.2. The molecule has 0 aliphatic rings. The summed E-state index contributed by atoms with van der Waals surface area (Å²) >= 11 is 1.77. The molecule has 0 fully saturated rings. The molecule has 0 N–H and O–H groups in total. The zero-order valence-corrected chi connectivity index (χ0v) is 13.4. The maximum absolute atomic E-state index is 10.4. The molecule has 1 aromatic heterocycles. The van der Waals surface area contributed by atoms with Gasteiger partial charge < -0.3 is 0 Å². The van der Waals surface area contributed by atoms with E-state index in [4.69, 9.17) is 0 Å². The highest BCUT2D eigenvalue weighted by molar-refractivity contribution is 7.18. The third kappa shape index (κ3) is 6.65. The second kappa shape index (κ2) is 7.92. The number of nitrogens with zero attached hydrogens (tertiary/aromatic N) is 1. The van der Waals surface area contributed by atoms with E-state index in [2.05, 4.69) is 59.6 Å². The van der Waals surface area contributed by atoms with Gasteiger partial charge in [0.25, 0.3) is 0 Å². The molecule has 0 radical (unpaired) electrons. The molecule has 0 bridgehead atoms. The molecule has 5 heteroatoms. The van der Waals surface area contributed by atoms with Crippen LogP contribution in [0.4, 0.5) is 13.2 Å². The van der Waals surface area contributed by atoms with Crippen LogP contribution in [0.25, 0.3) is 16.3 Å². The van der Waals surface area contributed by atoms with E-state index in [1.807, 2.05) is 12.1 Å². The van der Waals surface area contributed by atoms with Crippen LogP contribution < -0.4 is 0 Å². The lowest BCUT2D eigenvalue weighted by atomic mass is 10.2. The molecule has 0 aliphatic carbocycles. The van der Waals surface area contributed by atoms with E-state index < -0.39 is 6.18 Å². The average Bonchev–Trinajstić information content (AvgIpc) is 2.89. The number of halogens is 3. The van der Waals surface area contributed by atoms with Crippen LogP contribution in [0, 0.1) is 0 Å². The van der Waals surface area contributed by atoms with Crippen molar-refractivity contribution < 1.29 is 13.2 Å². The molecule has 2 aromatic carbocycles.